The fourth-order valence-corrected chi connectivity index (χ4v) is 6.16. The van der Waals surface area contributed by atoms with Crippen LogP contribution >= 0.6 is 0 Å². The second kappa shape index (κ2) is 14.6. The first-order valence-corrected chi connectivity index (χ1v) is 15.9. The number of aromatic nitrogens is 3. The molecule has 4 heterocycles. The molecule has 2 N–H and O–H groups in total. The normalized spacial score (nSPS) is 16.6. The second-order valence-electron chi connectivity index (χ2n) is 11.8. The van der Waals surface area contributed by atoms with E-state index < -0.39 is 0 Å². The van der Waals surface area contributed by atoms with E-state index in [4.69, 9.17) is 9.72 Å². The van der Waals surface area contributed by atoms with Crippen molar-refractivity contribution in [3.8, 4) is 11.1 Å². The first-order chi connectivity index (χ1) is 20.5. The molecule has 2 fully saturated rings. The SMILES string of the molecule is CCCCCCCCNC(=O)N1CCC(Nc2ncc3cc(-c4ccccc4C)c(=O)n(C4CCOCC4)c3n2)CC1. The summed E-state index contributed by atoms with van der Waals surface area (Å²) in [6, 6.07) is 10.2. The van der Waals surface area contributed by atoms with Crippen LogP contribution in [0.4, 0.5) is 10.7 Å². The van der Waals surface area contributed by atoms with Gasteiger partial charge in [0, 0.05) is 62.1 Å². The molecule has 9 heteroatoms. The molecule has 0 unspecified atom stereocenters. The van der Waals surface area contributed by atoms with Crippen molar-refractivity contribution in [3.05, 3.63) is 52.4 Å². The number of carbonyl (C=O) groups excluding carboxylic acids is 1. The highest BCUT2D eigenvalue weighted by Crippen LogP contribution is 2.28. The molecule has 2 saturated heterocycles. The maximum absolute atomic E-state index is 14.0. The zero-order valence-corrected chi connectivity index (χ0v) is 25.2. The van der Waals surface area contributed by atoms with E-state index >= 15 is 0 Å². The Kier molecular flexibility index (Phi) is 10.5. The van der Waals surface area contributed by atoms with Crippen LogP contribution in [-0.2, 0) is 4.74 Å². The highest BCUT2D eigenvalue weighted by atomic mass is 16.5. The molecule has 226 valence electrons. The Bertz CT molecular complexity index is 1390. The van der Waals surface area contributed by atoms with Crippen LogP contribution in [0.2, 0.25) is 0 Å². The van der Waals surface area contributed by atoms with Gasteiger partial charge >= 0.3 is 6.03 Å². The van der Waals surface area contributed by atoms with Crippen molar-refractivity contribution in [2.75, 3.05) is 38.2 Å². The Morgan fingerprint density at radius 2 is 1.74 bits per heavy atom. The Hall–Kier alpha value is -3.46. The monoisotopic (exact) mass is 574 g/mol. The minimum atomic E-state index is -0.0198. The first kappa shape index (κ1) is 30.0. The molecule has 0 atom stereocenters. The first-order valence-electron chi connectivity index (χ1n) is 15.9. The molecular weight excluding hydrogens is 528 g/mol. The van der Waals surface area contributed by atoms with E-state index in [-0.39, 0.29) is 23.7 Å². The van der Waals surface area contributed by atoms with Crippen molar-refractivity contribution in [3.63, 3.8) is 0 Å². The number of likely N-dealkylation sites (tertiary alicyclic amines) is 1. The number of unbranched alkanes of at least 4 members (excludes halogenated alkanes) is 5. The molecule has 42 heavy (non-hydrogen) atoms. The summed E-state index contributed by atoms with van der Waals surface area (Å²) < 4.78 is 7.49. The Labute approximate surface area is 249 Å². The molecule has 0 bridgehead atoms. The van der Waals surface area contributed by atoms with Gasteiger partial charge in [0.15, 0.2) is 0 Å². The molecule has 2 aliphatic rings. The summed E-state index contributed by atoms with van der Waals surface area (Å²) in [6.07, 6.45) is 12.3. The van der Waals surface area contributed by atoms with Crippen LogP contribution in [-0.4, -0.2) is 64.4 Å². The van der Waals surface area contributed by atoms with Gasteiger partial charge < -0.3 is 20.3 Å². The van der Waals surface area contributed by atoms with Crippen LogP contribution < -0.4 is 16.2 Å². The van der Waals surface area contributed by atoms with Crippen molar-refractivity contribution in [2.45, 2.75) is 90.1 Å². The zero-order valence-electron chi connectivity index (χ0n) is 25.2. The maximum Gasteiger partial charge on any atom is 0.317 e. The van der Waals surface area contributed by atoms with E-state index in [0.717, 1.165) is 55.2 Å². The molecule has 0 saturated carbocycles. The number of aryl methyl sites for hydroxylation is 1. The van der Waals surface area contributed by atoms with Crippen molar-refractivity contribution in [1.82, 2.24) is 24.8 Å². The van der Waals surface area contributed by atoms with Gasteiger partial charge in [-0.2, -0.15) is 4.98 Å². The van der Waals surface area contributed by atoms with Crippen LogP contribution in [0, 0.1) is 6.92 Å². The van der Waals surface area contributed by atoms with E-state index in [2.05, 4.69) is 22.5 Å². The van der Waals surface area contributed by atoms with Crippen molar-refractivity contribution >= 4 is 23.0 Å². The predicted molar refractivity (Wildman–Crippen MR) is 168 cm³/mol. The summed E-state index contributed by atoms with van der Waals surface area (Å²) in [5, 5.41) is 7.43. The number of benzene rings is 1. The average Bonchev–Trinajstić information content (AvgIpc) is 3.01. The van der Waals surface area contributed by atoms with Crippen molar-refractivity contribution in [1.29, 1.82) is 0 Å². The van der Waals surface area contributed by atoms with Crippen LogP contribution in [0.5, 0.6) is 0 Å². The summed E-state index contributed by atoms with van der Waals surface area (Å²) in [4.78, 5) is 38.1. The number of anilines is 1. The Balaban J connectivity index is 1.26. The molecular formula is C33H46N6O3. The summed E-state index contributed by atoms with van der Waals surface area (Å²) in [5.74, 6) is 0.525. The summed E-state index contributed by atoms with van der Waals surface area (Å²) >= 11 is 0. The van der Waals surface area contributed by atoms with Gasteiger partial charge in [-0.05, 0) is 56.2 Å². The van der Waals surface area contributed by atoms with Gasteiger partial charge in [-0.25, -0.2) is 9.78 Å². The molecule has 2 aliphatic heterocycles. The molecule has 2 amide bonds. The molecule has 3 aromatic rings. The summed E-state index contributed by atoms with van der Waals surface area (Å²) in [5.41, 5.74) is 3.32. The third kappa shape index (κ3) is 7.30. The number of amides is 2. The number of fused-ring (bicyclic) bond motifs is 1. The number of nitrogens with one attached hydrogen (secondary N) is 2. The van der Waals surface area contributed by atoms with Gasteiger partial charge in [-0.3, -0.25) is 9.36 Å². The molecule has 5 rings (SSSR count). The van der Waals surface area contributed by atoms with Crippen LogP contribution in [0.1, 0.15) is 82.7 Å². The number of hydrogen-bond donors (Lipinski definition) is 2. The number of urea groups is 1. The van der Waals surface area contributed by atoms with E-state index in [1.165, 1.54) is 32.1 Å². The van der Waals surface area contributed by atoms with Gasteiger partial charge in [0.25, 0.3) is 5.56 Å². The third-order valence-electron chi connectivity index (χ3n) is 8.69. The highest BCUT2D eigenvalue weighted by molar-refractivity contribution is 5.82. The second-order valence-corrected chi connectivity index (χ2v) is 11.8. The van der Waals surface area contributed by atoms with Gasteiger partial charge in [-0.15, -0.1) is 0 Å². The van der Waals surface area contributed by atoms with Crippen LogP contribution in [0.15, 0.2) is 41.3 Å². The number of pyridine rings is 1. The fraction of sp³-hybridized carbons (Fsp3) is 0.576. The van der Waals surface area contributed by atoms with Gasteiger partial charge in [-0.1, -0.05) is 63.3 Å². The Morgan fingerprint density at radius 1 is 1.00 bits per heavy atom. The number of ether oxygens (including phenoxy) is 1. The van der Waals surface area contributed by atoms with Gasteiger partial charge in [0.2, 0.25) is 5.95 Å². The van der Waals surface area contributed by atoms with Crippen LogP contribution in [0.3, 0.4) is 0 Å². The van der Waals surface area contributed by atoms with Crippen molar-refractivity contribution in [2.24, 2.45) is 0 Å². The lowest BCUT2D eigenvalue weighted by molar-refractivity contribution is 0.0697. The molecule has 0 radical (unpaired) electrons. The molecule has 9 nitrogen and oxygen atoms in total. The lowest BCUT2D eigenvalue weighted by Gasteiger charge is -2.32. The van der Waals surface area contributed by atoms with Gasteiger partial charge in [0.1, 0.15) is 5.65 Å². The summed E-state index contributed by atoms with van der Waals surface area (Å²) in [7, 11) is 0. The zero-order chi connectivity index (χ0) is 29.3. The summed E-state index contributed by atoms with van der Waals surface area (Å²) in [6.45, 7) is 7.66. The Morgan fingerprint density at radius 3 is 2.50 bits per heavy atom. The molecule has 2 aromatic heterocycles. The molecule has 0 aliphatic carbocycles. The van der Waals surface area contributed by atoms with E-state index in [1.807, 2.05) is 52.9 Å². The quantitative estimate of drug-likeness (QED) is 0.270. The maximum atomic E-state index is 14.0. The largest absolute Gasteiger partial charge is 0.381 e. The molecule has 1 aromatic carbocycles. The van der Waals surface area contributed by atoms with Crippen LogP contribution in [0.25, 0.3) is 22.2 Å². The van der Waals surface area contributed by atoms with E-state index in [1.54, 1.807) is 0 Å². The average molecular weight is 575 g/mol. The topological polar surface area (TPSA) is 101 Å². The molecule has 0 spiro atoms. The lowest BCUT2D eigenvalue weighted by atomic mass is 10.00. The fourth-order valence-electron chi connectivity index (χ4n) is 6.16. The van der Waals surface area contributed by atoms with E-state index in [0.29, 0.717) is 43.5 Å². The predicted octanol–water partition coefficient (Wildman–Crippen LogP) is 6.06. The van der Waals surface area contributed by atoms with Crippen molar-refractivity contribution < 1.29 is 9.53 Å². The van der Waals surface area contributed by atoms with E-state index in [9.17, 15) is 9.59 Å². The number of nitrogens with zero attached hydrogens (tertiary/aromatic N) is 4. The number of piperidine rings is 1. The highest BCUT2D eigenvalue weighted by Gasteiger charge is 2.25. The number of carbonyl (C=O) groups is 1. The number of hydrogen-bond acceptors (Lipinski definition) is 6. The standard InChI is InChI=1S/C33H46N6O3/c1-3-4-5-6-7-10-17-34-33(41)38-18-13-26(14-19-38)36-32-35-23-25-22-29(28-12-9-8-11-24(28)2)31(40)39(30(25)37-32)27-15-20-42-21-16-27/h8-9,11-12,22-23,26-27H,3-7,10,13-21H2,1-2H3,(H,34,41)(H,35,36,37). The minimum absolute atomic E-state index is 0.0198. The smallest absolute Gasteiger partial charge is 0.317 e. The minimum Gasteiger partial charge on any atom is -0.381 e. The third-order valence-corrected chi connectivity index (χ3v) is 8.69. The van der Waals surface area contributed by atoms with Gasteiger partial charge in [0.05, 0.1) is 0 Å². The number of rotatable bonds is 11. The lowest BCUT2D eigenvalue weighted by Crippen LogP contribution is -2.47.